The summed E-state index contributed by atoms with van der Waals surface area (Å²) in [5.41, 5.74) is 4.47. The summed E-state index contributed by atoms with van der Waals surface area (Å²) < 4.78 is 7.36. The molecule has 0 saturated heterocycles. The van der Waals surface area contributed by atoms with Crippen molar-refractivity contribution in [1.29, 1.82) is 0 Å². The largest absolute Gasteiger partial charge is 0.487 e. The molecule has 0 N–H and O–H groups in total. The average Bonchev–Trinajstić information content (AvgIpc) is 2.47. The van der Waals surface area contributed by atoms with Gasteiger partial charge in [-0.05, 0) is 55.7 Å². The quantitative estimate of drug-likeness (QED) is 0.745. The van der Waals surface area contributed by atoms with Crippen molar-refractivity contribution in [1.82, 2.24) is 9.38 Å². The van der Waals surface area contributed by atoms with Gasteiger partial charge in [-0.15, -0.1) is 0 Å². The normalized spacial score (nSPS) is 10.9. The van der Waals surface area contributed by atoms with Crippen molar-refractivity contribution < 1.29 is 4.74 Å². The molecule has 0 fully saturated rings. The number of hydrogen-bond donors (Lipinski definition) is 0. The molecule has 22 heavy (non-hydrogen) atoms. The Hall–Kier alpha value is -2.62. The third-order valence-corrected chi connectivity index (χ3v) is 3.59. The van der Waals surface area contributed by atoms with Gasteiger partial charge in [0.1, 0.15) is 18.0 Å². The summed E-state index contributed by atoms with van der Waals surface area (Å²) in [6, 6.07) is 11.4. The molecular weight excluding hydrogens is 276 g/mol. The molecular formula is C18H18N2O2. The van der Waals surface area contributed by atoms with Gasteiger partial charge >= 0.3 is 0 Å². The first-order valence-corrected chi connectivity index (χ1v) is 7.22. The van der Waals surface area contributed by atoms with Crippen LogP contribution in [0.15, 0.2) is 47.4 Å². The fraction of sp³-hybridized carbons (Fsp3) is 0.222. The summed E-state index contributed by atoms with van der Waals surface area (Å²) in [7, 11) is 0. The Morgan fingerprint density at radius 1 is 1.05 bits per heavy atom. The van der Waals surface area contributed by atoms with Gasteiger partial charge in [-0.3, -0.25) is 9.20 Å². The highest BCUT2D eigenvalue weighted by atomic mass is 16.5. The highest BCUT2D eigenvalue weighted by Crippen LogP contribution is 2.20. The number of nitrogens with zero attached hydrogens (tertiary/aromatic N) is 2. The van der Waals surface area contributed by atoms with E-state index in [1.807, 2.05) is 51.1 Å². The number of aryl methyl sites for hydroxylation is 3. The van der Waals surface area contributed by atoms with Crippen LogP contribution in [-0.2, 0) is 6.61 Å². The van der Waals surface area contributed by atoms with Crippen LogP contribution >= 0.6 is 0 Å². The number of rotatable bonds is 3. The number of pyridine rings is 1. The van der Waals surface area contributed by atoms with Gasteiger partial charge in [0.2, 0.25) is 0 Å². The highest BCUT2D eigenvalue weighted by Gasteiger charge is 2.05. The standard InChI is InChI=1S/C18H18N2O2/c1-12-4-5-14(3)16(8-12)22-11-15-10-18(21)20-7-6-13(2)9-17(20)19-15/h4-10H,11H2,1-3H3. The van der Waals surface area contributed by atoms with Crippen LogP contribution in [0.3, 0.4) is 0 Å². The van der Waals surface area contributed by atoms with Crippen LogP contribution in [0.1, 0.15) is 22.4 Å². The molecule has 4 nitrogen and oxygen atoms in total. The SMILES string of the molecule is Cc1ccc(C)c(OCc2cc(=O)n3ccc(C)cc3n2)c1. The minimum absolute atomic E-state index is 0.0930. The molecule has 112 valence electrons. The van der Waals surface area contributed by atoms with E-state index >= 15 is 0 Å². The topological polar surface area (TPSA) is 43.6 Å². The number of fused-ring (bicyclic) bond motifs is 1. The fourth-order valence-electron chi connectivity index (χ4n) is 2.34. The maximum atomic E-state index is 12.1. The fourth-order valence-corrected chi connectivity index (χ4v) is 2.34. The van der Waals surface area contributed by atoms with Gasteiger partial charge in [0.15, 0.2) is 0 Å². The summed E-state index contributed by atoms with van der Waals surface area (Å²) in [6.07, 6.45) is 1.75. The zero-order chi connectivity index (χ0) is 15.7. The van der Waals surface area contributed by atoms with E-state index in [1.165, 1.54) is 10.5 Å². The second-order valence-electron chi connectivity index (χ2n) is 5.58. The minimum Gasteiger partial charge on any atom is -0.487 e. The molecule has 2 heterocycles. The third-order valence-electron chi connectivity index (χ3n) is 3.59. The van der Waals surface area contributed by atoms with Crippen LogP contribution in [0.4, 0.5) is 0 Å². The second-order valence-corrected chi connectivity index (χ2v) is 5.58. The lowest BCUT2D eigenvalue weighted by Gasteiger charge is -2.10. The Morgan fingerprint density at radius 2 is 1.82 bits per heavy atom. The van der Waals surface area contributed by atoms with Crippen molar-refractivity contribution in [2.75, 3.05) is 0 Å². The van der Waals surface area contributed by atoms with E-state index in [-0.39, 0.29) is 12.2 Å². The number of ether oxygens (including phenoxy) is 1. The van der Waals surface area contributed by atoms with Crippen LogP contribution in [0.25, 0.3) is 5.65 Å². The molecule has 2 aromatic heterocycles. The number of aromatic nitrogens is 2. The Labute approximate surface area is 129 Å². The maximum Gasteiger partial charge on any atom is 0.258 e. The molecule has 0 saturated carbocycles. The van der Waals surface area contributed by atoms with E-state index in [9.17, 15) is 4.79 Å². The van der Waals surface area contributed by atoms with Gasteiger partial charge < -0.3 is 4.74 Å². The van der Waals surface area contributed by atoms with E-state index < -0.39 is 0 Å². The highest BCUT2D eigenvalue weighted by molar-refractivity contribution is 5.41. The van der Waals surface area contributed by atoms with E-state index in [4.69, 9.17) is 4.74 Å². The van der Waals surface area contributed by atoms with Crippen molar-refractivity contribution in [3.8, 4) is 5.75 Å². The molecule has 4 heteroatoms. The van der Waals surface area contributed by atoms with Gasteiger partial charge in [-0.25, -0.2) is 4.98 Å². The first kappa shape index (κ1) is 14.3. The van der Waals surface area contributed by atoms with Crippen molar-refractivity contribution >= 4 is 5.65 Å². The zero-order valence-electron chi connectivity index (χ0n) is 13.0. The number of hydrogen-bond acceptors (Lipinski definition) is 3. The Bertz CT molecular complexity index is 897. The first-order chi connectivity index (χ1) is 10.5. The monoisotopic (exact) mass is 294 g/mol. The molecule has 0 unspecified atom stereocenters. The average molecular weight is 294 g/mol. The van der Waals surface area contributed by atoms with Crippen LogP contribution in [0.2, 0.25) is 0 Å². The summed E-state index contributed by atoms with van der Waals surface area (Å²) in [4.78, 5) is 16.6. The molecule has 0 aliphatic carbocycles. The predicted octanol–water partition coefficient (Wildman–Crippen LogP) is 3.20. The summed E-state index contributed by atoms with van der Waals surface area (Å²) in [6.45, 7) is 6.28. The van der Waals surface area contributed by atoms with Gasteiger partial charge in [0, 0.05) is 12.3 Å². The molecule has 0 bridgehead atoms. The third kappa shape index (κ3) is 2.86. The van der Waals surface area contributed by atoms with Gasteiger partial charge in [-0.2, -0.15) is 0 Å². The summed E-state index contributed by atoms with van der Waals surface area (Å²) in [5, 5.41) is 0. The van der Waals surface area contributed by atoms with Crippen molar-refractivity contribution in [2.45, 2.75) is 27.4 Å². The van der Waals surface area contributed by atoms with Crippen LogP contribution < -0.4 is 10.3 Å². The molecule has 0 aliphatic rings. The molecule has 1 aromatic carbocycles. The first-order valence-electron chi connectivity index (χ1n) is 7.22. The summed E-state index contributed by atoms with van der Waals surface area (Å²) in [5.74, 6) is 0.825. The lowest BCUT2D eigenvalue weighted by molar-refractivity contribution is 0.299. The molecule has 0 aliphatic heterocycles. The van der Waals surface area contributed by atoms with Gasteiger partial charge in [0.25, 0.3) is 5.56 Å². The lowest BCUT2D eigenvalue weighted by atomic mass is 10.1. The molecule has 0 radical (unpaired) electrons. The summed E-state index contributed by atoms with van der Waals surface area (Å²) >= 11 is 0. The van der Waals surface area contributed by atoms with Crippen molar-refractivity contribution in [3.05, 3.63) is 75.3 Å². The van der Waals surface area contributed by atoms with Crippen molar-refractivity contribution in [3.63, 3.8) is 0 Å². The maximum absolute atomic E-state index is 12.1. The Morgan fingerprint density at radius 3 is 2.64 bits per heavy atom. The minimum atomic E-state index is -0.0930. The molecule has 3 rings (SSSR count). The van der Waals surface area contributed by atoms with E-state index in [0.29, 0.717) is 11.3 Å². The van der Waals surface area contributed by atoms with Crippen LogP contribution in [0.5, 0.6) is 5.75 Å². The van der Waals surface area contributed by atoms with E-state index in [1.54, 1.807) is 6.20 Å². The van der Waals surface area contributed by atoms with Gasteiger partial charge in [0.05, 0.1) is 5.69 Å². The molecule has 3 aromatic rings. The lowest BCUT2D eigenvalue weighted by Crippen LogP contribution is -2.16. The second kappa shape index (κ2) is 5.64. The van der Waals surface area contributed by atoms with E-state index in [0.717, 1.165) is 22.4 Å². The predicted molar refractivity (Wildman–Crippen MR) is 86.4 cm³/mol. The van der Waals surface area contributed by atoms with Crippen LogP contribution in [-0.4, -0.2) is 9.38 Å². The van der Waals surface area contributed by atoms with Crippen LogP contribution in [0, 0.1) is 20.8 Å². The molecule has 0 spiro atoms. The molecule has 0 atom stereocenters. The molecule has 0 amide bonds. The van der Waals surface area contributed by atoms with Gasteiger partial charge in [-0.1, -0.05) is 12.1 Å². The zero-order valence-corrected chi connectivity index (χ0v) is 13.0. The van der Waals surface area contributed by atoms with Crippen molar-refractivity contribution in [2.24, 2.45) is 0 Å². The smallest absolute Gasteiger partial charge is 0.258 e. The Kier molecular flexibility index (Phi) is 3.67. The Balaban J connectivity index is 1.91. The van der Waals surface area contributed by atoms with E-state index in [2.05, 4.69) is 4.98 Å². The number of benzene rings is 1.